The van der Waals surface area contributed by atoms with Gasteiger partial charge in [0, 0.05) is 61.0 Å². The minimum atomic E-state index is -0.240. The van der Waals surface area contributed by atoms with Crippen LogP contribution in [0.5, 0.6) is 0 Å². The van der Waals surface area contributed by atoms with Crippen molar-refractivity contribution in [3.63, 3.8) is 0 Å². The van der Waals surface area contributed by atoms with Crippen molar-refractivity contribution in [2.45, 2.75) is 38.1 Å². The largest absolute Gasteiger partial charge is 0.360 e. The number of rotatable bonds is 7. The molecule has 2 aromatic heterocycles. The molecule has 0 bridgehead atoms. The number of carbonyl (C=O) groups excluding carboxylic acids is 1. The Morgan fingerprint density at radius 3 is 2.56 bits per heavy atom. The van der Waals surface area contributed by atoms with Crippen molar-refractivity contribution in [1.82, 2.24) is 20.2 Å². The molecule has 39 heavy (non-hydrogen) atoms. The quantitative estimate of drug-likeness (QED) is 0.286. The van der Waals surface area contributed by atoms with Gasteiger partial charge < -0.3 is 10.3 Å². The zero-order chi connectivity index (χ0) is 26.8. The molecular formula is C33H33FN4O. The van der Waals surface area contributed by atoms with Crippen LogP contribution < -0.4 is 5.32 Å². The standard InChI is InChI=1S/C33H33FN4O/c1-2-14-36-33(39)25-5-3-22(4-6-25)27-19-29-18-26(13-17-38(29)21-27)30-20-37-32(24-7-9-28(34)10-8-24)31(30)23-11-15-35-16-12-23/h3-12,15-16,18,20,27,29,37H,2,13-14,17,19,21H2,1H3,(H,36,39). The molecule has 1 saturated heterocycles. The van der Waals surface area contributed by atoms with Crippen molar-refractivity contribution < 1.29 is 9.18 Å². The highest BCUT2D eigenvalue weighted by Crippen LogP contribution is 2.42. The predicted octanol–water partition coefficient (Wildman–Crippen LogP) is 6.67. The number of benzene rings is 2. The van der Waals surface area contributed by atoms with Crippen LogP contribution in [0.15, 0.2) is 85.3 Å². The van der Waals surface area contributed by atoms with Crippen molar-refractivity contribution in [3.05, 3.63) is 108 Å². The van der Waals surface area contributed by atoms with E-state index in [4.69, 9.17) is 0 Å². The van der Waals surface area contributed by atoms with Gasteiger partial charge in [0.25, 0.3) is 5.91 Å². The Morgan fingerprint density at radius 2 is 1.82 bits per heavy atom. The van der Waals surface area contributed by atoms with Crippen LogP contribution in [0.2, 0.25) is 0 Å². The lowest BCUT2D eigenvalue weighted by molar-refractivity contribution is 0.0953. The van der Waals surface area contributed by atoms with Crippen LogP contribution in [0, 0.1) is 5.82 Å². The number of amides is 1. The number of hydrogen-bond acceptors (Lipinski definition) is 3. The normalized spacial score (nSPS) is 19.0. The highest BCUT2D eigenvalue weighted by atomic mass is 19.1. The van der Waals surface area contributed by atoms with E-state index in [1.807, 2.05) is 48.8 Å². The van der Waals surface area contributed by atoms with E-state index in [0.29, 0.717) is 18.5 Å². The zero-order valence-electron chi connectivity index (χ0n) is 22.2. The molecule has 0 spiro atoms. The number of halogens is 1. The average Bonchev–Trinajstić information content (AvgIpc) is 3.61. The Bertz CT molecular complexity index is 1470. The van der Waals surface area contributed by atoms with E-state index >= 15 is 0 Å². The van der Waals surface area contributed by atoms with Gasteiger partial charge >= 0.3 is 0 Å². The summed E-state index contributed by atoms with van der Waals surface area (Å²) in [6.45, 7) is 4.79. The van der Waals surface area contributed by atoms with Gasteiger partial charge in [-0.3, -0.25) is 14.7 Å². The number of nitrogens with one attached hydrogen (secondary N) is 2. The molecule has 198 valence electrons. The van der Waals surface area contributed by atoms with Crippen molar-refractivity contribution in [2.24, 2.45) is 0 Å². The molecule has 2 unspecified atom stereocenters. The summed E-state index contributed by atoms with van der Waals surface area (Å²) in [7, 11) is 0. The van der Waals surface area contributed by atoms with Gasteiger partial charge in [0.05, 0.1) is 5.69 Å². The summed E-state index contributed by atoms with van der Waals surface area (Å²) in [6.07, 6.45) is 11.1. The number of hydrogen-bond donors (Lipinski definition) is 2. The van der Waals surface area contributed by atoms with Gasteiger partial charge in [-0.15, -0.1) is 0 Å². The molecule has 0 radical (unpaired) electrons. The lowest BCUT2D eigenvalue weighted by Crippen LogP contribution is -2.32. The predicted molar refractivity (Wildman–Crippen MR) is 154 cm³/mol. The molecule has 2 aliphatic rings. The van der Waals surface area contributed by atoms with Crippen molar-refractivity contribution >= 4 is 11.5 Å². The molecule has 1 amide bonds. The van der Waals surface area contributed by atoms with Crippen LogP contribution in [0.3, 0.4) is 0 Å². The maximum Gasteiger partial charge on any atom is 0.251 e. The van der Waals surface area contributed by atoms with Crippen LogP contribution in [-0.2, 0) is 0 Å². The van der Waals surface area contributed by atoms with Gasteiger partial charge in [0.1, 0.15) is 5.82 Å². The second kappa shape index (κ2) is 11.0. The Kier molecular flexibility index (Phi) is 7.12. The SMILES string of the molecule is CCCNC(=O)c1ccc(C2CC3C=C(c4c[nH]c(-c5ccc(F)cc5)c4-c4ccncc4)CCN3C2)cc1. The van der Waals surface area contributed by atoms with Gasteiger partial charge in [0.15, 0.2) is 0 Å². The summed E-state index contributed by atoms with van der Waals surface area (Å²) in [4.78, 5) is 22.6. The van der Waals surface area contributed by atoms with E-state index in [-0.39, 0.29) is 11.7 Å². The van der Waals surface area contributed by atoms with Crippen LogP contribution in [0.4, 0.5) is 4.39 Å². The van der Waals surface area contributed by atoms with E-state index < -0.39 is 0 Å². The van der Waals surface area contributed by atoms with Crippen molar-refractivity contribution in [3.8, 4) is 22.4 Å². The average molecular weight is 521 g/mol. The molecule has 4 aromatic rings. The molecule has 2 aliphatic heterocycles. The van der Waals surface area contributed by atoms with Gasteiger partial charge in [-0.2, -0.15) is 0 Å². The minimum Gasteiger partial charge on any atom is -0.360 e. The summed E-state index contributed by atoms with van der Waals surface area (Å²) in [5, 5.41) is 2.95. The molecule has 2 N–H and O–H groups in total. The summed E-state index contributed by atoms with van der Waals surface area (Å²) >= 11 is 0. The minimum absolute atomic E-state index is 0.00340. The van der Waals surface area contributed by atoms with Gasteiger partial charge in [-0.25, -0.2) is 4.39 Å². The number of H-pyrrole nitrogens is 1. The molecule has 1 fully saturated rings. The first-order valence-electron chi connectivity index (χ1n) is 13.8. The van der Waals surface area contributed by atoms with E-state index in [9.17, 15) is 9.18 Å². The Morgan fingerprint density at radius 1 is 1.05 bits per heavy atom. The molecule has 2 aromatic carbocycles. The molecule has 6 heteroatoms. The Hall–Kier alpha value is -4.03. The maximum absolute atomic E-state index is 13.7. The maximum atomic E-state index is 13.7. The third-order valence-corrected chi connectivity index (χ3v) is 8.02. The van der Waals surface area contributed by atoms with Gasteiger partial charge in [-0.1, -0.05) is 25.1 Å². The summed E-state index contributed by atoms with van der Waals surface area (Å²) < 4.78 is 13.7. The van der Waals surface area contributed by atoms with Crippen LogP contribution >= 0.6 is 0 Å². The highest BCUT2D eigenvalue weighted by molar-refractivity contribution is 5.94. The zero-order valence-corrected chi connectivity index (χ0v) is 22.2. The lowest BCUT2D eigenvalue weighted by atomic mass is 9.90. The number of nitrogens with zero attached hydrogens (tertiary/aromatic N) is 2. The fraction of sp³-hybridized carbons (Fsp3) is 0.273. The lowest BCUT2D eigenvalue weighted by Gasteiger charge is -2.28. The first kappa shape index (κ1) is 25.3. The molecule has 0 aliphatic carbocycles. The number of aromatic nitrogens is 2. The second-order valence-electron chi connectivity index (χ2n) is 10.5. The molecule has 5 nitrogen and oxygen atoms in total. The number of fused-ring (bicyclic) bond motifs is 1. The molecule has 0 saturated carbocycles. The third kappa shape index (κ3) is 5.17. The highest BCUT2D eigenvalue weighted by Gasteiger charge is 2.34. The van der Waals surface area contributed by atoms with Crippen molar-refractivity contribution in [2.75, 3.05) is 19.6 Å². The summed E-state index contributed by atoms with van der Waals surface area (Å²) in [6, 6.07) is 19.3. The number of carbonyl (C=O) groups is 1. The van der Waals surface area contributed by atoms with E-state index in [1.165, 1.54) is 28.8 Å². The van der Waals surface area contributed by atoms with Crippen LogP contribution in [-0.4, -0.2) is 46.5 Å². The summed E-state index contributed by atoms with van der Waals surface area (Å²) in [5.41, 5.74) is 8.74. The monoisotopic (exact) mass is 520 g/mol. The molecule has 6 rings (SSSR count). The first-order chi connectivity index (χ1) is 19.1. The van der Waals surface area contributed by atoms with Crippen LogP contribution in [0.1, 0.15) is 53.6 Å². The summed E-state index contributed by atoms with van der Waals surface area (Å²) in [5.74, 6) is 0.201. The fourth-order valence-corrected chi connectivity index (χ4v) is 6.00. The Labute approximate surface area is 228 Å². The first-order valence-corrected chi connectivity index (χ1v) is 13.8. The van der Waals surface area contributed by atoms with Gasteiger partial charge in [0.2, 0.25) is 0 Å². The Balaban J connectivity index is 1.26. The fourth-order valence-electron chi connectivity index (χ4n) is 6.00. The number of pyridine rings is 1. The van der Waals surface area contributed by atoms with E-state index in [1.54, 1.807) is 0 Å². The molecule has 4 heterocycles. The number of aromatic amines is 1. The van der Waals surface area contributed by atoms with E-state index in [0.717, 1.165) is 60.3 Å². The van der Waals surface area contributed by atoms with Crippen molar-refractivity contribution in [1.29, 1.82) is 0 Å². The topological polar surface area (TPSA) is 61.0 Å². The van der Waals surface area contributed by atoms with Crippen LogP contribution in [0.25, 0.3) is 28.0 Å². The smallest absolute Gasteiger partial charge is 0.251 e. The molecular weight excluding hydrogens is 487 g/mol. The second-order valence-corrected chi connectivity index (χ2v) is 10.5. The third-order valence-electron chi connectivity index (χ3n) is 8.02. The van der Waals surface area contributed by atoms with Gasteiger partial charge in [-0.05, 0) is 96.0 Å². The van der Waals surface area contributed by atoms with E-state index in [2.05, 4.69) is 51.5 Å². The molecule has 2 atom stereocenters.